The summed E-state index contributed by atoms with van der Waals surface area (Å²) in [4.78, 5) is 15.1. The number of benzene rings is 2. The molecule has 6 nitrogen and oxygen atoms in total. The fourth-order valence-electron chi connectivity index (χ4n) is 4.50. The summed E-state index contributed by atoms with van der Waals surface area (Å²) in [6.45, 7) is 5.46. The molecule has 2 aliphatic heterocycles. The van der Waals surface area contributed by atoms with Gasteiger partial charge < -0.3 is 20.1 Å². The monoisotopic (exact) mass is 435 g/mol. The number of rotatable bonds is 7. The Morgan fingerprint density at radius 3 is 2.34 bits per heavy atom. The van der Waals surface area contributed by atoms with Crippen LogP contribution in [0.5, 0.6) is 11.5 Å². The zero-order chi connectivity index (χ0) is 22.5. The largest absolute Gasteiger partial charge is 0.493 e. The van der Waals surface area contributed by atoms with Crippen molar-refractivity contribution in [2.24, 2.45) is 0 Å². The molecule has 2 aromatic rings. The van der Waals surface area contributed by atoms with Gasteiger partial charge in [0.05, 0.1) is 19.9 Å². The quantitative estimate of drug-likeness (QED) is 0.605. The number of hydrogen-bond donors (Lipinski definition) is 2. The third-order valence-corrected chi connectivity index (χ3v) is 6.18. The molecule has 0 radical (unpaired) electrons. The second-order valence-electron chi connectivity index (χ2n) is 8.61. The van der Waals surface area contributed by atoms with Crippen molar-refractivity contribution < 1.29 is 14.3 Å². The Balaban J connectivity index is 1.43. The number of amides is 1. The molecule has 2 N–H and O–H groups in total. The summed E-state index contributed by atoms with van der Waals surface area (Å²) in [5, 5.41) is 6.40. The van der Waals surface area contributed by atoms with E-state index in [1.54, 1.807) is 20.3 Å². The van der Waals surface area contributed by atoms with Crippen LogP contribution in [0.15, 0.2) is 42.5 Å². The second kappa shape index (κ2) is 10.1. The highest BCUT2D eigenvalue weighted by Crippen LogP contribution is 2.40. The number of hydrogen-bond acceptors (Lipinski definition) is 5. The van der Waals surface area contributed by atoms with Gasteiger partial charge in [0.2, 0.25) is 0 Å². The van der Waals surface area contributed by atoms with Crippen LogP contribution in [0.3, 0.4) is 0 Å². The van der Waals surface area contributed by atoms with E-state index >= 15 is 0 Å². The van der Waals surface area contributed by atoms with Crippen molar-refractivity contribution >= 4 is 22.9 Å². The van der Waals surface area contributed by atoms with Crippen molar-refractivity contribution in [3.63, 3.8) is 0 Å². The number of carbonyl (C=O) groups is 1. The summed E-state index contributed by atoms with van der Waals surface area (Å²) >= 11 is 0. The van der Waals surface area contributed by atoms with E-state index in [0.29, 0.717) is 17.1 Å². The van der Waals surface area contributed by atoms with Crippen molar-refractivity contribution in [1.29, 1.82) is 0 Å². The summed E-state index contributed by atoms with van der Waals surface area (Å²) < 4.78 is 10.8. The zero-order valence-corrected chi connectivity index (χ0v) is 19.2. The fraction of sp³-hybridized carbons (Fsp3) is 0.423. The topological polar surface area (TPSA) is 62.8 Å². The maximum absolute atomic E-state index is 12.6. The molecular formula is C26H33N3O3. The SMILES string of the molecule is COc1cc2c(cc1OC)C(=CC(C)Nc1ccc(CN3CCCCCC3)cc1)C(=O)N2. The van der Waals surface area contributed by atoms with E-state index in [0.717, 1.165) is 23.5 Å². The minimum absolute atomic E-state index is 0.0220. The van der Waals surface area contributed by atoms with Gasteiger partial charge >= 0.3 is 0 Å². The van der Waals surface area contributed by atoms with Crippen LogP contribution in [0.2, 0.25) is 0 Å². The molecule has 6 heteroatoms. The first-order valence-corrected chi connectivity index (χ1v) is 11.4. The van der Waals surface area contributed by atoms with Crippen LogP contribution < -0.4 is 20.1 Å². The Hall–Kier alpha value is -2.99. The standard InChI is InChI=1S/C26H33N3O3/c1-18(14-22-21-15-24(31-2)25(32-3)16-23(21)28-26(22)30)27-20-10-8-19(9-11-20)17-29-12-6-4-5-7-13-29/h8-11,14-16,18,27H,4-7,12-13,17H2,1-3H3,(H,28,30). The van der Waals surface area contributed by atoms with Crippen molar-refractivity contribution in [2.45, 2.75) is 45.2 Å². The van der Waals surface area contributed by atoms with E-state index in [9.17, 15) is 4.79 Å². The molecule has 2 aliphatic rings. The van der Waals surface area contributed by atoms with Crippen LogP contribution in [-0.2, 0) is 11.3 Å². The normalized spacial score (nSPS) is 18.6. The molecule has 1 unspecified atom stereocenters. The smallest absolute Gasteiger partial charge is 0.256 e. The molecule has 0 saturated carbocycles. The van der Waals surface area contributed by atoms with Gasteiger partial charge in [0.25, 0.3) is 5.91 Å². The van der Waals surface area contributed by atoms with Gasteiger partial charge in [-0.05, 0) is 62.7 Å². The average molecular weight is 436 g/mol. The molecule has 1 saturated heterocycles. The van der Waals surface area contributed by atoms with Gasteiger partial charge in [-0.3, -0.25) is 9.69 Å². The van der Waals surface area contributed by atoms with Crippen molar-refractivity contribution in [3.8, 4) is 11.5 Å². The van der Waals surface area contributed by atoms with Crippen molar-refractivity contribution in [2.75, 3.05) is 37.9 Å². The van der Waals surface area contributed by atoms with Gasteiger partial charge in [-0.15, -0.1) is 0 Å². The predicted octanol–water partition coefficient (Wildman–Crippen LogP) is 4.92. The molecule has 1 atom stereocenters. The first-order chi connectivity index (χ1) is 15.6. The number of methoxy groups -OCH3 is 2. The number of ether oxygens (including phenoxy) is 2. The number of nitrogens with zero attached hydrogens (tertiary/aromatic N) is 1. The van der Waals surface area contributed by atoms with Crippen LogP contribution in [0.1, 0.15) is 43.7 Å². The summed E-state index contributed by atoms with van der Waals surface area (Å²) in [7, 11) is 3.18. The molecule has 0 aromatic heterocycles. The van der Waals surface area contributed by atoms with E-state index < -0.39 is 0 Å². The van der Waals surface area contributed by atoms with E-state index in [1.165, 1.54) is 44.3 Å². The maximum Gasteiger partial charge on any atom is 0.256 e. The van der Waals surface area contributed by atoms with Crippen molar-refractivity contribution in [1.82, 2.24) is 4.90 Å². The summed E-state index contributed by atoms with van der Waals surface area (Å²) in [5.41, 5.74) is 4.59. The minimum atomic E-state index is -0.114. The lowest BCUT2D eigenvalue weighted by molar-refractivity contribution is -0.110. The lowest BCUT2D eigenvalue weighted by atomic mass is 10.0. The van der Waals surface area contributed by atoms with E-state index in [2.05, 4.69) is 39.8 Å². The van der Waals surface area contributed by atoms with Gasteiger partial charge in [-0.2, -0.15) is 0 Å². The third-order valence-electron chi connectivity index (χ3n) is 6.18. The first kappa shape index (κ1) is 22.2. The highest BCUT2D eigenvalue weighted by molar-refractivity contribution is 6.31. The van der Waals surface area contributed by atoms with Gasteiger partial charge in [0.15, 0.2) is 11.5 Å². The molecule has 1 amide bonds. The van der Waals surface area contributed by atoms with Crippen LogP contribution in [0, 0.1) is 0 Å². The fourth-order valence-corrected chi connectivity index (χ4v) is 4.50. The molecule has 32 heavy (non-hydrogen) atoms. The Labute approximate surface area is 190 Å². The number of nitrogens with one attached hydrogen (secondary N) is 2. The third kappa shape index (κ3) is 5.07. The minimum Gasteiger partial charge on any atom is -0.493 e. The summed E-state index contributed by atoms with van der Waals surface area (Å²) in [6.07, 6.45) is 7.28. The highest BCUT2D eigenvalue weighted by atomic mass is 16.5. The lowest BCUT2D eigenvalue weighted by Crippen LogP contribution is -2.23. The van der Waals surface area contributed by atoms with E-state index in [1.807, 2.05) is 19.1 Å². The molecule has 0 bridgehead atoms. The Morgan fingerprint density at radius 1 is 1.03 bits per heavy atom. The molecule has 0 aliphatic carbocycles. The van der Waals surface area contributed by atoms with Crippen LogP contribution in [0.25, 0.3) is 5.57 Å². The molecule has 2 heterocycles. The van der Waals surface area contributed by atoms with Crippen molar-refractivity contribution in [3.05, 3.63) is 53.6 Å². The first-order valence-electron chi connectivity index (χ1n) is 11.4. The molecule has 0 spiro atoms. The van der Waals surface area contributed by atoms with Crippen LogP contribution in [0.4, 0.5) is 11.4 Å². The van der Waals surface area contributed by atoms with Gasteiger partial charge in [0, 0.05) is 35.5 Å². The van der Waals surface area contributed by atoms with Gasteiger partial charge in [0.1, 0.15) is 0 Å². The average Bonchev–Trinajstić information content (AvgIpc) is 2.95. The zero-order valence-electron chi connectivity index (χ0n) is 19.2. The highest BCUT2D eigenvalue weighted by Gasteiger charge is 2.27. The molecule has 170 valence electrons. The molecular weight excluding hydrogens is 402 g/mol. The number of anilines is 2. The van der Waals surface area contributed by atoms with Crippen LogP contribution in [-0.4, -0.2) is 44.2 Å². The predicted molar refractivity (Wildman–Crippen MR) is 129 cm³/mol. The number of fused-ring (bicyclic) bond motifs is 1. The van der Waals surface area contributed by atoms with Gasteiger partial charge in [-0.1, -0.05) is 25.0 Å². The summed E-state index contributed by atoms with van der Waals surface area (Å²) in [6, 6.07) is 12.3. The second-order valence-corrected chi connectivity index (χ2v) is 8.61. The Bertz CT molecular complexity index is 977. The maximum atomic E-state index is 12.6. The Kier molecular flexibility index (Phi) is 7.00. The summed E-state index contributed by atoms with van der Waals surface area (Å²) in [5.74, 6) is 1.09. The molecule has 4 rings (SSSR count). The lowest BCUT2D eigenvalue weighted by Gasteiger charge is -2.20. The number of carbonyl (C=O) groups excluding carboxylic acids is 1. The van der Waals surface area contributed by atoms with E-state index in [-0.39, 0.29) is 11.9 Å². The molecule has 2 aromatic carbocycles. The molecule has 1 fully saturated rings. The van der Waals surface area contributed by atoms with Crippen LogP contribution >= 0.6 is 0 Å². The number of likely N-dealkylation sites (tertiary alicyclic amines) is 1. The van der Waals surface area contributed by atoms with E-state index in [4.69, 9.17) is 9.47 Å². The Morgan fingerprint density at radius 2 is 1.69 bits per heavy atom. The van der Waals surface area contributed by atoms with Gasteiger partial charge in [-0.25, -0.2) is 0 Å².